The van der Waals surface area contributed by atoms with Crippen LogP contribution in [0.5, 0.6) is 0 Å². The Balaban J connectivity index is 1.24. The number of anilines is 2. The molecule has 0 unspecified atom stereocenters. The number of amides is 1. The molecule has 2 aromatic carbocycles. The molecular weight excluding hydrogens is 501 g/mol. The zero-order valence-corrected chi connectivity index (χ0v) is 20.1. The van der Waals surface area contributed by atoms with Gasteiger partial charge in [-0.25, -0.2) is 0 Å². The van der Waals surface area contributed by atoms with E-state index in [0.717, 1.165) is 43.1 Å². The maximum Gasteiger partial charge on any atom is 0.257 e. The van der Waals surface area contributed by atoms with Gasteiger partial charge in [-0.1, -0.05) is 6.07 Å². The third kappa shape index (κ3) is 3.47. The highest BCUT2D eigenvalue weighted by Crippen LogP contribution is 2.54. The van der Waals surface area contributed by atoms with Crippen LogP contribution >= 0.6 is 22.6 Å². The molecule has 2 aromatic rings. The monoisotopic (exact) mass is 529 g/mol. The van der Waals surface area contributed by atoms with Crippen molar-refractivity contribution in [1.29, 1.82) is 0 Å². The van der Waals surface area contributed by atoms with E-state index in [4.69, 9.17) is 4.74 Å². The van der Waals surface area contributed by atoms with Crippen LogP contribution in [0.1, 0.15) is 47.2 Å². The van der Waals surface area contributed by atoms with E-state index < -0.39 is 0 Å². The minimum atomic E-state index is -0.189. The van der Waals surface area contributed by atoms with Crippen molar-refractivity contribution in [1.82, 2.24) is 4.90 Å². The molecule has 0 radical (unpaired) electrons. The largest absolute Gasteiger partial charge is 0.371 e. The van der Waals surface area contributed by atoms with Crippen LogP contribution in [0.25, 0.3) is 0 Å². The maximum atomic E-state index is 13.3. The molecule has 2 saturated heterocycles. The van der Waals surface area contributed by atoms with Crippen LogP contribution in [0.15, 0.2) is 36.4 Å². The second-order valence-electron chi connectivity index (χ2n) is 9.93. The minimum absolute atomic E-state index is 0.0308. The first-order valence-electron chi connectivity index (χ1n) is 11.3. The summed E-state index contributed by atoms with van der Waals surface area (Å²) in [6, 6.07) is 12.4. The summed E-state index contributed by atoms with van der Waals surface area (Å²) in [6.45, 7) is 4.58. The van der Waals surface area contributed by atoms with Gasteiger partial charge in [-0.15, -0.1) is 0 Å². The molecule has 0 bridgehead atoms. The number of carbonyl (C=O) groups is 1. The Bertz CT molecular complexity index is 1040. The third-order valence-corrected chi connectivity index (χ3v) is 8.41. The highest BCUT2D eigenvalue weighted by molar-refractivity contribution is 14.1. The fraction of sp³-hybridized carbons (Fsp3) is 0.480. The molecule has 5 nitrogen and oxygen atoms in total. The molecule has 4 aliphatic rings. The van der Waals surface area contributed by atoms with Crippen LogP contribution < -0.4 is 10.2 Å². The number of carbonyl (C=O) groups excluding carboxylic acids is 1. The lowest BCUT2D eigenvalue weighted by molar-refractivity contribution is -0.132. The van der Waals surface area contributed by atoms with Gasteiger partial charge in [0.05, 0.1) is 17.9 Å². The average molecular weight is 529 g/mol. The highest BCUT2D eigenvalue weighted by Gasteiger charge is 2.48. The zero-order valence-electron chi connectivity index (χ0n) is 17.9. The topological polar surface area (TPSA) is 44.8 Å². The number of benzene rings is 2. The van der Waals surface area contributed by atoms with E-state index in [2.05, 4.69) is 63.0 Å². The number of ether oxygens (including phenoxy) is 1. The quantitative estimate of drug-likeness (QED) is 0.591. The Morgan fingerprint density at radius 2 is 1.84 bits per heavy atom. The van der Waals surface area contributed by atoms with E-state index in [0.29, 0.717) is 12.0 Å². The number of rotatable bonds is 3. The molecule has 0 atom stereocenters. The summed E-state index contributed by atoms with van der Waals surface area (Å²) in [5, 5.41) is 3.18. The number of likely N-dealkylation sites (tertiary alicyclic amines) is 1. The van der Waals surface area contributed by atoms with E-state index in [9.17, 15) is 4.79 Å². The normalized spacial score (nSPS) is 23.0. The number of likely N-dealkylation sites (N-methyl/N-ethyl adjacent to an activating group) is 1. The summed E-state index contributed by atoms with van der Waals surface area (Å²) in [5.74, 6) is -0.0308. The van der Waals surface area contributed by atoms with Gasteiger partial charge < -0.3 is 15.0 Å². The van der Waals surface area contributed by atoms with Crippen LogP contribution in [0.3, 0.4) is 0 Å². The first-order chi connectivity index (χ1) is 15.0. The lowest BCUT2D eigenvalue weighted by atomic mass is 9.85. The number of halogens is 1. The summed E-state index contributed by atoms with van der Waals surface area (Å²) in [7, 11) is 2.11. The third-order valence-electron chi connectivity index (χ3n) is 7.74. The molecule has 1 saturated carbocycles. The van der Waals surface area contributed by atoms with Gasteiger partial charge in [0.15, 0.2) is 0 Å². The summed E-state index contributed by atoms with van der Waals surface area (Å²) in [6.07, 6.45) is 5.28. The van der Waals surface area contributed by atoms with E-state index >= 15 is 0 Å². The van der Waals surface area contributed by atoms with Gasteiger partial charge in [0.2, 0.25) is 0 Å². The lowest BCUT2D eigenvalue weighted by Gasteiger charge is -2.45. The fourth-order valence-electron chi connectivity index (χ4n) is 5.64. The number of nitrogens with zero attached hydrogens (tertiary/aromatic N) is 2. The van der Waals surface area contributed by atoms with Gasteiger partial charge in [0.25, 0.3) is 5.91 Å². The van der Waals surface area contributed by atoms with Crippen LogP contribution in [0.2, 0.25) is 0 Å². The van der Waals surface area contributed by atoms with E-state index in [-0.39, 0.29) is 11.5 Å². The predicted octanol–water partition coefficient (Wildman–Crippen LogP) is 4.59. The zero-order chi connectivity index (χ0) is 21.2. The maximum absolute atomic E-state index is 13.3. The van der Waals surface area contributed by atoms with Gasteiger partial charge in [-0.05, 0) is 102 Å². The van der Waals surface area contributed by atoms with Crippen molar-refractivity contribution < 1.29 is 9.53 Å². The second-order valence-corrected chi connectivity index (χ2v) is 11.2. The van der Waals surface area contributed by atoms with Gasteiger partial charge >= 0.3 is 0 Å². The molecule has 1 amide bonds. The number of piperidine rings is 1. The second kappa shape index (κ2) is 7.18. The molecule has 3 heterocycles. The van der Waals surface area contributed by atoms with Gasteiger partial charge in [0.1, 0.15) is 5.60 Å². The van der Waals surface area contributed by atoms with Crippen molar-refractivity contribution in [3.8, 4) is 0 Å². The molecule has 3 aliphatic heterocycles. The van der Waals surface area contributed by atoms with Crippen LogP contribution in [-0.2, 0) is 16.9 Å². The molecule has 6 rings (SSSR count). The number of nitrogens with one attached hydrogen (secondary N) is 1. The van der Waals surface area contributed by atoms with E-state index in [1.54, 1.807) is 0 Å². The summed E-state index contributed by atoms with van der Waals surface area (Å²) in [4.78, 5) is 18.0. The highest BCUT2D eigenvalue weighted by atomic mass is 127. The Kier molecular flexibility index (Phi) is 4.64. The fourth-order valence-corrected chi connectivity index (χ4v) is 6.12. The molecule has 3 fully saturated rings. The Labute approximate surface area is 197 Å². The Morgan fingerprint density at radius 1 is 1.06 bits per heavy atom. The minimum Gasteiger partial charge on any atom is -0.371 e. The first kappa shape index (κ1) is 20.0. The van der Waals surface area contributed by atoms with Crippen molar-refractivity contribution in [2.24, 2.45) is 5.41 Å². The number of fused-ring (bicyclic) bond motifs is 2. The van der Waals surface area contributed by atoms with Gasteiger partial charge in [-0.3, -0.25) is 9.69 Å². The predicted molar refractivity (Wildman–Crippen MR) is 131 cm³/mol. The lowest BCUT2D eigenvalue weighted by Crippen LogP contribution is -2.57. The molecule has 31 heavy (non-hydrogen) atoms. The van der Waals surface area contributed by atoms with E-state index in [1.807, 2.05) is 18.2 Å². The first-order valence-corrected chi connectivity index (χ1v) is 12.4. The summed E-state index contributed by atoms with van der Waals surface area (Å²) < 4.78 is 7.30. The molecular formula is C25H28IN3O2. The summed E-state index contributed by atoms with van der Waals surface area (Å²) in [5.41, 5.74) is 5.59. The van der Waals surface area contributed by atoms with Gasteiger partial charge in [0, 0.05) is 35.4 Å². The molecule has 6 heteroatoms. The SMILES string of the molecule is CN1CC2(C1)OCc1ccc(NC(=O)c3ccc(I)cc3N3CCC4(CC3)CC4)cc12. The van der Waals surface area contributed by atoms with Crippen LogP contribution in [-0.4, -0.2) is 44.0 Å². The van der Waals surface area contributed by atoms with Crippen molar-refractivity contribution in [2.75, 3.05) is 43.4 Å². The average Bonchev–Trinajstić information content (AvgIpc) is 3.39. The van der Waals surface area contributed by atoms with Crippen molar-refractivity contribution in [2.45, 2.75) is 37.9 Å². The Hall–Kier alpha value is -1.64. The smallest absolute Gasteiger partial charge is 0.257 e. The van der Waals surface area contributed by atoms with Crippen LogP contribution in [0.4, 0.5) is 11.4 Å². The molecule has 162 valence electrons. The standard InChI is InChI=1S/C25H28IN3O2/c1-28-15-25(16-28)21-13-19(4-2-17(21)14-31-25)27-23(30)20-5-3-18(26)12-22(20)29-10-8-24(6-7-24)9-11-29/h2-5,12-13H,6-11,14-16H2,1H3,(H,27,30). The summed E-state index contributed by atoms with van der Waals surface area (Å²) >= 11 is 2.34. The number of hydrogen-bond donors (Lipinski definition) is 1. The molecule has 1 N–H and O–H groups in total. The Morgan fingerprint density at radius 3 is 2.55 bits per heavy atom. The van der Waals surface area contributed by atoms with E-state index in [1.165, 1.54) is 40.4 Å². The van der Waals surface area contributed by atoms with Crippen molar-refractivity contribution >= 4 is 39.9 Å². The van der Waals surface area contributed by atoms with Gasteiger partial charge in [-0.2, -0.15) is 0 Å². The number of hydrogen-bond acceptors (Lipinski definition) is 4. The molecule has 2 spiro atoms. The molecule has 1 aliphatic carbocycles. The van der Waals surface area contributed by atoms with Crippen molar-refractivity contribution in [3.05, 3.63) is 56.7 Å². The molecule has 0 aromatic heterocycles. The van der Waals surface area contributed by atoms with Crippen LogP contribution in [0, 0.1) is 8.99 Å². The van der Waals surface area contributed by atoms with Crippen molar-refractivity contribution in [3.63, 3.8) is 0 Å².